The van der Waals surface area contributed by atoms with Crippen molar-refractivity contribution in [3.63, 3.8) is 0 Å². The van der Waals surface area contributed by atoms with Crippen molar-refractivity contribution < 1.29 is 8.42 Å². The molecular weight excluding hydrogens is 320 g/mol. The van der Waals surface area contributed by atoms with Crippen LogP contribution >= 0.6 is 11.6 Å². The van der Waals surface area contributed by atoms with Crippen LogP contribution in [-0.2, 0) is 15.6 Å². The molecule has 0 fully saturated rings. The van der Waals surface area contributed by atoms with Crippen molar-refractivity contribution in [2.45, 2.75) is 17.6 Å². The molecule has 0 aliphatic rings. The van der Waals surface area contributed by atoms with E-state index in [4.69, 9.17) is 11.6 Å². The van der Waals surface area contributed by atoms with Gasteiger partial charge in [-0.3, -0.25) is 0 Å². The van der Waals surface area contributed by atoms with E-state index in [2.05, 4.69) is 9.97 Å². The number of hydrogen-bond acceptors (Lipinski definition) is 4. The molecule has 0 bridgehead atoms. The Hall–Kier alpha value is -1.98. The van der Waals surface area contributed by atoms with Crippen LogP contribution in [0.1, 0.15) is 11.4 Å². The van der Waals surface area contributed by atoms with Crippen molar-refractivity contribution in [3.8, 4) is 0 Å². The van der Waals surface area contributed by atoms with Crippen molar-refractivity contribution in [1.29, 1.82) is 0 Å². The maximum absolute atomic E-state index is 12.5. The summed E-state index contributed by atoms with van der Waals surface area (Å²) in [5.74, 6) is -0.182. The van der Waals surface area contributed by atoms with Crippen molar-refractivity contribution in [3.05, 3.63) is 64.9 Å². The van der Waals surface area contributed by atoms with Gasteiger partial charge >= 0.3 is 0 Å². The summed E-state index contributed by atoms with van der Waals surface area (Å²) in [6.07, 6.45) is 0. The molecule has 0 spiro atoms. The van der Waals surface area contributed by atoms with Crippen LogP contribution in [0.5, 0.6) is 0 Å². The number of para-hydroxylation sites is 2. The van der Waals surface area contributed by atoms with Crippen molar-refractivity contribution in [1.82, 2.24) is 9.97 Å². The maximum atomic E-state index is 12.5. The number of nitrogens with zero attached hydrogens (tertiary/aromatic N) is 2. The van der Waals surface area contributed by atoms with Gasteiger partial charge in [-0.15, -0.1) is 0 Å². The van der Waals surface area contributed by atoms with E-state index in [-0.39, 0.29) is 10.6 Å². The van der Waals surface area contributed by atoms with Crippen molar-refractivity contribution in [2.75, 3.05) is 0 Å². The molecule has 0 aliphatic heterocycles. The van der Waals surface area contributed by atoms with E-state index in [1.807, 2.05) is 24.3 Å². The molecule has 3 rings (SSSR count). The zero-order valence-electron chi connectivity index (χ0n) is 11.8. The largest absolute Gasteiger partial charge is 0.250 e. The van der Waals surface area contributed by atoms with Crippen LogP contribution in [-0.4, -0.2) is 18.4 Å². The summed E-state index contributed by atoms with van der Waals surface area (Å²) in [5, 5.41) is 0.501. The van der Waals surface area contributed by atoms with Gasteiger partial charge in [0.1, 0.15) is 0 Å². The first-order valence-corrected chi connectivity index (χ1v) is 8.69. The van der Waals surface area contributed by atoms with Gasteiger partial charge in [-0.2, -0.15) is 0 Å². The molecule has 112 valence electrons. The highest BCUT2D eigenvalue weighted by atomic mass is 35.5. The second-order valence-corrected chi connectivity index (χ2v) is 7.38. The lowest BCUT2D eigenvalue weighted by molar-refractivity contribution is 0.594. The minimum absolute atomic E-state index is 0.182. The zero-order chi connectivity index (χ0) is 15.7. The number of sulfone groups is 1. The Morgan fingerprint density at radius 1 is 0.955 bits per heavy atom. The molecule has 4 nitrogen and oxygen atoms in total. The molecule has 22 heavy (non-hydrogen) atoms. The standard InChI is InChI=1S/C16H13ClN2O2S/c1-11-16(19-15-5-3-2-4-14(15)18-11)10-22(20,21)13-8-6-12(17)7-9-13/h2-9H,10H2,1H3. The highest BCUT2D eigenvalue weighted by molar-refractivity contribution is 7.90. The first kappa shape index (κ1) is 14.9. The fourth-order valence-electron chi connectivity index (χ4n) is 2.17. The molecular formula is C16H13ClN2O2S. The monoisotopic (exact) mass is 332 g/mol. The van der Waals surface area contributed by atoms with Gasteiger partial charge in [-0.25, -0.2) is 18.4 Å². The van der Waals surface area contributed by atoms with E-state index in [0.29, 0.717) is 21.9 Å². The molecule has 0 N–H and O–H groups in total. The number of halogens is 1. The predicted molar refractivity (Wildman–Crippen MR) is 86.6 cm³/mol. The number of benzene rings is 2. The van der Waals surface area contributed by atoms with Crippen LogP contribution in [0.15, 0.2) is 53.4 Å². The van der Waals surface area contributed by atoms with Crippen LogP contribution in [0, 0.1) is 6.92 Å². The quantitative estimate of drug-likeness (QED) is 0.735. The fourth-order valence-corrected chi connectivity index (χ4v) is 3.64. The van der Waals surface area contributed by atoms with Gasteiger partial charge < -0.3 is 0 Å². The average molecular weight is 333 g/mol. The van der Waals surface area contributed by atoms with Gasteiger partial charge in [-0.05, 0) is 43.3 Å². The molecule has 0 amide bonds. The second kappa shape index (κ2) is 5.66. The zero-order valence-corrected chi connectivity index (χ0v) is 13.4. The van der Waals surface area contributed by atoms with Gasteiger partial charge in [0.25, 0.3) is 0 Å². The minimum atomic E-state index is -3.48. The van der Waals surface area contributed by atoms with Gasteiger partial charge in [0.2, 0.25) is 0 Å². The summed E-state index contributed by atoms with van der Waals surface area (Å²) >= 11 is 5.80. The first-order chi connectivity index (χ1) is 10.5. The Balaban J connectivity index is 2.01. The SMILES string of the molecule is Cc1nc2ccccc2nc1CS(=O)(=O)c1ccc(Cl)cc1. The highest BCUT2D eigenvalue weighted by Crippen LogP contribution is 2.20. The molecule has 0 saturated carbocycles. The normalized spacial score (nSPS) is 11.7. The summed E-state index contributed by atoms with van der Waals surface area (Å²) < 4.78 is 25.0. The van der Waals surface area contributed by atoms with Crippen LogP contribution in [0.3, 0.4) is 0 Å². The van der Waals surface area contributed by atoms with Crippen LogP contribution in [0.25, 0.3) is 11.0 Å². The highest BCUT2D eigenvalue weighted by Gasteiger charge is 2.18. The lowest BCUT2D eigenvalue weighted by Gasteiger charge is -2.08. The van der Waals surface area contributed by atoms with Gasteiger partial charge in [-0.1, -0.05) is 23.7 Å². The number of aryl methyl sites for hydroxylation is 1. The van der Waals surface area contributed by atoms with E-state index in [9.17, 15) is 8.42 Å². The van der Waals surface area contributed by atoms with Crippen LogP contribution in [0.4, 0.5) is 0 Å². The molecule has 0 radical (unpaired) electrons. The predicted octanol–water partition coefficient (Wildman–Crippen LogP) is 3.57. The van der Waals surface area contributed by atoms with Gasteiger partial charge in [0.15, 0.2) is 9.84 Å². The number of fused-ring (bicyclic) bond motifs is 1. The average Bonchev–Trinajstić information content (AvgIpc) is 2.48. The molecule has 6 heteroatoms. The number of aromatic nitrogens is 2. The third-order valence-corrected chi connectivity index (χ3v) is 5.24. The van der Waals surface area contributed by atoms with Crippen LogP contribution in [0.2, 0.25) is 5.02 Å². The van der Waals surface area contributed by atoms with E-state index >= 15 is 0 Å². The topological polar surface area (TPSA) is 59.9 Å². The summed E-state index contributed by atoms with van der Waals surface area (Å²) in [7, 11) is -3.48. The first-order valence-electron chi connectivity index (χ1n) is 6.66. The summed E-state index contributed by atoms with van der Waals surface area (Å²) in [6, 6.07) is 13.5. The van der Waals surface area contributed by atoms with Gasteiger partial charge in [0.05, 0.1) is 33.1 Å². The molecule has 1 aromatic heterocycles. The number of hydrogen-bond donors (Lipinski definition) is 0. The lowest BCUT2D eigenvalue weighted by atomic mass is 10.2. The maximum Gasteiger partial charge on any atom is 0.184 e. The fraction of sp³-hybridized carbons (Fsp3) is 0.125. The second-order valence-electron chi connectivity index (χ2n) is 4.96. The Morgan fingerprint density at radius 2 is 1.55 bits per heavy atom. The van der Waals surface area contributed by atoms with Gasteiger partial charge in [0, 0.05) is 5.02 Å². The third-order valence-electron chi connectivity index (χ3n) is 3.34. The minimum Gasteiger partial charge on any atom is -0.250 e. The summed E-state index contributed by atoms with van der Waals surface area (Å²) in [5.41, 5.74) is 2.53. The molecule has 0 aliphatic carbocycles. The van der Waals surface area contributed by atoms with E-state index < -0.39 is 9.84 Å². The van der Waals surface area contributed by atoms with Crippen molar-refractivity contribution >= 4 is 32.5 Å². The van der Waals surface area contributed by atoms with E-state index in [1.54, 1.807) is 19.1 Å². The smallest absolute Gasteiger partial charge is 0.184 e. The Kier molecular flexibility index (Phi) is 3.85. The molecule has 0 atom stereocenters. The third kappa shape index (κ3) is 2.96. The van der Waals surface area contributed by atoms with E-state index in [0.717, 1.165) is 5.52 Å². The summed E-state index contributed by atoms with van der Waals surface area (Å²) in [4.78, 5) is 9.08. The molecule has 3 aromatic rings. The lowest BCUT2D eigenvalue weighted by Crippen LogP contribution is -2.09. The van der Waals surface area contributed by atoms with Crippen LogP contribution < -0.4 is 0 Å². The molecule has 1 heterocycles. The summed E-state index contributed by atoms with van der Waals surface area (Å²) in [6.45, 7) is 1.77. The Morgan fingerprint density at radius 3 is 2.18 bits per heavy atom. The molecule has 2 aromatic carbocycles. The Labute approximate surface area is 133 Å². The van der Waals surface area contributed by atoms with E-state index in [1.165, 1.54) is 12.1 Å². The molecule has 0 unspecified atom stereocenters. The Bertz CT molecular complexity index is 938. The number of rotatable bonds is 3. The molecule has 0 saturated heterocycles. The van der Waals surface area contributed by atoms with Crippen molar-refractivity contribution in [2.24, 2.45) is 0 Å².